The van der Waals surface area contributed by atoms with Crippen molar-refractivity contribution in [2.75, 3.05) is 0 Å². The van der Waals surface area contributed by atoms with E-state index >= 15 is 0 Å². The molecule has 0 fully saturated rings. The highest BCUT2D eigenvalue weighted by Crippen LogP contribution is 2.19. The van der Waals surface area contributed by atoms with Crippen molar-refractivity contribution in [3.8, 4) is 0 Å². The van der Waals surface area contributed by atoms with Crippen molar-refractivity contribution in [3.05, 3.63) is 72.5 Å². The smallest absolute Gasteiger partial charge is 0.326 e. The number of para-hydroxylation sites is 1. The molecule has 0 radical (unpaired) electrons. The monoisotopic (exact) mass is 593 g/mol. The van der Waals surface area contributed by atoms with Gasteiger partial charge in [-0.05, 0) is 11.6 Å². The van der Waals surface area contributed by atoms with Crippen LogP contribution in [-0.2, 0) is 43.2 Å². The second-order valence-electron chi connectivity index (χ2n) is 9.85. The maximum atomic E-state index is 13.7. The van der Waals surface area contributed by atoms with Gasteiger partial charge in [-0.2, -0.15) is 0 Å². The molecular weight excluding hydrogens is 562 g/mol. The molecule has 3 aromatic heterocycles. The van der Waals surface area contributed by atoms with E-state index < -0.39 is 60.2 Å². The van der Waals surface area contributed by atoms with E-state index in [1.54, 1.807) is 6.20 Å². The number of nitrogens with zero attached hydrogens (tertiary/aromatic N) is 2. The molecule has 43 heavy (non-hydrogen) atoms. The number of nitrogens with one attached hydrogen (secondary N) is 6. The average molecular weight is 594 g/mol. The van der Waals surface area contributed by atoms with Crippen molar-refractivity contribution in [2.24, 2.45) is 5.73 Å². The molecule has 0 saturated heterocycles. The Morgan fingerprint density at radius 2 is 1.33 bits per heavy atom. The number of hydrogen-bond acceptors (Lipinski definition) is 8. The molecule has 16 heteroatoms. The lowest BCUT2D eigenvalue weighted by molar-refractivity contribution is -0.142. The van der Waals surface area contributed by atoms with Crippen LogP contribution in [0.5, 0.6) is 0 Å². The number of benzene rings is 1. The van der Waals surface area contributed by atoms with Crippen LogP contribution in [0.25, 0.3) is 10.9 Å². The minimum absolute atomic E-state index is 0.0304. The predicted octanol–water partition coefficient (Wildman–Crippen LogP) is -1.02. The van der Waals surface area contributed by atoms with Crippen molar-refractivity contribution in [1.29, 1.82) is 0 Å². The summed E-state index contributed by atoms with van der Waals surface area (Å²) in [7, 11) is 0. The van der Waals surface area contributed by atoms with Crippen molar-refractivity contribution in [3.63, 3.8) is 0 Å². The van der Waals surface area contributed by atoms with Gasteiger partial charge in [-0.15, -0.1) is 0 Å². The van der Waals surface area contributed by atoms with Crippen LogP contribution in [0.1, 0.15) is 23.4 Å². The molecule has 0 bridgehead atoms. The van der Waals surface area contributed by atoms with Gasteiger partial charge in [0.1, 0.15) is 18.1 Å². The minimum atomic E-state index is -1.43. The Balaban J connectivity index is 1.57. The van der Waals surface area contributed by atoms with Crippen molar-refractivity contribution >= 4 is 40.6 Å². The molecule has 0 aliphatic heterocycles. The van der Waals surface area contributed by atoms with E-state index in [0.29, 0.717) is 17.0 Å². The number of amides is 3. The van der Waals surface area contributed by atoms with Crippen LogP contribution >= 0.6 is 0 Å². The lowest BCUT2D eigenvalue weighted by Gasteiger charge is -2.25. The Labute approximate surface area is 243 Å². The van der Waals surface area contributed by atoms with Crippen LogP contribution in [0, 0.1) is 0 Å². The number of aromatic amines is 3. The van der Waals surface area contributed by atoms with Crippen LogP contribution < -0.4 is 21.7 Å². The summed E-state index contributed by atoms with van der Waals surface area (Å²) in [5, 5.41) is 27.1. The molecule has 4 rings (SSSR count). The number of fused-ring (bicyclic) bond motifs is 1. The fraction of sp³-hybridized carbons (Fsp3) is 0.296. The second kappa shape index (κ2) is 13.9. The lowest BCUT2D eigenvalue weighted by Crippen LogP contribution is -2.58. The van der Waals surface area contributed by atoms with Crippen LogP contribution in [0.3, 0.4) is 0 Å². The Morgan fingerprint density at radius 3 is 1.91 bits per heavy atom. The number of rotatable bonds is 15. The third kappa shape index (κ3) is 8.26. The number of carboxylic acids is 2. The Bertz CT molecular complexity index is 1570. The number of carbonyl (C=O) groups is 5. The minimum Gasteiger partial charge on any atom is -0.481 e. The summed E-state index contributed by atoms with van der Waals surface area (Å²) < 4.78 is 0. The van der Waals surface area contributed by atoms with E-state index in [0.717, 1.165) is 10.9 Å². The zero-order valence-electron chi connectivity index (χ0n) is 22.7. The summed E-state index contributed by atoms with van der Waals surface area (Å²) in [6.07, 6.45) is 6.45. The van der Waals surface area contributed by atoms with Gasteiger partial charge in [0.05, 0.1) is 25.1 Å². The molecule has 0 aliphatic rings. The first-order chi connectivity index (χ1) is 20.6. The van der Waals surface area contributed by atoms with Crippen LogP contribution in [-0.4, -0.2) is 89.0 Å². The molecule has 3 heterocycles. The van der Waals surface area contributed by atoms with E-state index in [2.05, 4.69) is 40.9 Å². The fourth-order valence-corrected chi connectivity index (χ4v) is 4.48. The molecule has 4 aromatic rings. The maximum absolute atomic E-state index is 13.7. The van der Waals surface area contributed by atoms with Crippen LogP contribution in [0.4, 0.5) is 0 Å². The number of imidazole rings is 2. The maximum Gasteiger partial charge on any atom is 0.326 e. The summed E-state index contributed by atoms with van der Waals surface area (Å²) in [5.41, 5.74) is 8.15. The molecule has 4 unspecified atom stereocenters. The van der Waals surface area contributed by atoms with E-state index in [1.807, 2.05) is 24.3 Å². The van der Waals surface area contributed by atoms with Gasteiger partial charge in [0, 0.05) is 60.1 Å². The summed E-state index contributed by atoms with van der Waals surface area (Å²) in [4.78, 5) is 79.4. The highest BCUT2D eigenvalue weighted by atomic mass is 16.4. The number of aromatic nitrogens is 5. The van der Waals surface area contributed by atoms with Crippen molar-refractivity contribution in [1.82, 2.24) is 40.9 Å². The largest absolute Gasteiger partial charge is 0.481 e. The first-order valence-electron chi connectivity index (χ1n) is 13.2. The van der Waals surface area contributed by atoms with E-state index in [4.69, 9.17) is 10.8 Å². The molecule has 0 spiro atoms. The number of hydrogen-bond donors (Lipinski definition) is 9. The van der Waals surface area contributed by atoms with Crippen molar-refractivity contribution in [2.45, 2.75) is 49.9 Å². The summed E-state index contributed by atoms with van der Waals surface area (Å²) in [5.74, 6) is -5.04. The zero-order valence-corrected chi connectivity index (χ0v) is 22.7. The normalized spacial score (nSPS) is 13.9. The first kappa shape index (κ1) is 30.4. The highest BCUT2D eigenvalue weighted by molar-refractivity contribution is 5.95. The predicted molar refractivity (Wildman–Crippen MR) is 150 cm³/mol. The molecule has 16 nitrogen and oxygen atoms in total. The van der Waals surface area contributed by atoms with Crippen molar-refractivity contribution < 1.29 is 34.2 Å². The molecule has 226 valence electrons. The van der Waals surface area contributed by atoms with Gasteiger partial charge in [-0.25, -0.2) is 14.8 Å². The molecule has 0 aliphatic carbocycles. The van der Waals surface area contributed by atoms with Gasteiger partial charge in [-0.3, -0.25) is 19.2 Å². The van der Waals surface area contributed by atoms with Crippen LogP contribution in [0.15, 0.2) is 55.5 Å². The molecule has 4 atom stereocenters. The molecule has 10 N–H and O–H groups in total. The Morgan fingerprint density at radius 1 is 0.767 bits per heavy atom. The lowest BCUT2D eigenvalue weighted by atomic mass is 10.0. The van der Waals surface area contributed by atoms with E-state index in [-0.39, 0.29) is 19.3 Å². The highest BCUT2D eigenvalue weighted by Gasteiger charge is 2.32. The second-order valence-corrected chi connectivity index (χ2v) is 9.85. The van der Waals surface area contributed by atoms with Gasteiger partial charge in [0.2, 0.25) is 17.7 Å². The van der Waals surface area contributed by atoms with Gasteiger partial charge in [0.25, 0.3) is 0 Å². The summed E-state index contributed by atoms with van der Waals surface area (Å²) in [6.45, 7) is 0. The average Bonchev–Trinajstić information content (AvgIpc) is 3.75. The first-order valence-corrected chi connectivity index (χ1v) is 13.2. The fourth-order valence-electron chi connectivity index (χ4n) is 4.48. The molecule has 0 saturated carbocycles. The topological polar surface area (TPSA) is 261 Å². The Kier molecular flexibility index (Phi) is 9.85. The Hall–Kier alpha value is -5.51. The third-order valence-electron chi connectivity index (χ3n) is 6.67. The van der Waals surface area contributed by atoms with Gasteiger partial charge < -0.3 is 46.8 Å². The third-order valence-corrected chi connectivity index (χ3v) is 6.67. The van der Waals surface area contributed by atoms with Gasteiger partial charge in [0.15, 0.2) is 0 Å². The molecule has 3 amide bonds. The number of aliphatic carboxylic acids is 2. The summed E-state index contributed by atoms with van der Waals surface area (Å²) >= 11 is 0. The SMILES string of the molecule is NC(CC(=O)O)C(=O)NC(Cc1c[nH]c2ccccc12)C(=O)NC(Cc1cnc[nH]1)C(=O)NC(Cc1cnc[nH]1)C(=O)O. The van der Waals surface area contributed by atoms with Gasteiger partial charge >= 0.3 is 11.9 Å². The van der Waals surface area contributed by atoms with Crippen LogP contribution in [0.2, 0.25) is 0 Å². The zero-order chi connectivity index (χ0) is 30.9. The number of carbonyl (C=O) groups excluding carboxylic acids is 3. The quantitative estimate of drug-likeness (QED) is 0.0810. The standard InChI is InChI=1S/C27H31N9O7/c28-18(8-23(37)38)24(39)34-20(5-14-9-31-19-4-2-1-3-17(14)19)25(40)35-21(6-15-10-29-12-32-15)26(41)36-22(27(42)43)7-16-11-30-13-33-16/h1-4,9-13,18,20-22,31H,5-8,28H2,(H,29,32)(H,30,33)(H,34,39)(H,35,40)(H,36,41)(H,37,38)(H,42,43). The number of carboxylic acid groups (broad SMARTS) is 2. The number of H-pyrrole nitrogens is 3. The number of nitrogens with two attached hydrogens (primary N) is 1. The molecular formula is C27H31N9O7. The van der Waals surface area contributed by atoms with Gasteiger partial charge in [-0.1, -0.05) is 18.2 Å². The van der Waals surface area contributed by atoms with E-state index in [9.17, 15) is 29.1 Å². The van der Waals surface area contributed by atoms with E-state index in [1.165, 1.54) is 25.0 Å². The summed E-state index contributed by atoms with van der Waals surface area (Å²) in [6, 6.07) is 1.97. The molecule has 1 aromatic carbocycles.